The van der Waals surface area contributed by atoms with E-state index < -0.39 is 0 Å². The highest BCUT2D eigenvalue weighted by Gasteiger charge is 2.33. The van der Waals surface area contributed by atoms with Gasteiger partial charge in [0.05, 0.1) is 4.92 Å². The molecule has 164 valence electrons. The molecule has 1 aliphatic carbocycles. The predicted molar refractivity (Wildman–Crippen MR) is 124 cm³/mol. The number of rotatable bonds is 9. The van der Waals surface area contributed by atoms with Gasteiger partial charge in [0.15, 0.2) is 0 Å². The van der Waals surface area contributed by atoms with Crippen molar-refractivity contribution in [2.24, 2.45) is 5.92 Å². The number of nitrogens with zero attached hydrogens (tertiary/aromatic N) is 3. The molecule has 0 N–H and O–H groups in total. The Morgan fingerprint density at radius 3 is 2.59 bits per heavy atom. The number of hydrogen-bond acceptors (Lipinski definition) is 5. The van der Waals surface area contributed by atoms with Gasteiger partial charge >= 0.3 is 0 Å². The van der Waals surface area contributed by atoms with Gasteiger partial charge in [0.25, 0.3) is 5.69 Å². The summed E-state index contributed by atoms with van der Waals surface area (Å²) < 4.78 is 0. The first-order chi connectivity index (χ1) is 15.5. The Morgan fingerprint density at radius 2 is 1.94 bits per heavy atom. The van der Waals surface area contributed by atoms with Gasteiger partial charge in [-0.1, -0.05) is 35.5 Å². The number of nitro groups is 1. The Kier molecular flexibility index (Phi) is 6.85. The maximum absolute atomic E-state index is 13.0. The van der Waals surface area contributed by atoms with Gasteiger partial charge < -0.3 is 4.90 Å². The number of nitro benzene ring substituents is 1. The number of carbonyl (C=O) groups excluding carboxylic acids is 1. The summed E-state index contributed by atoms with van der Waals surface area (Å²) >= 11 is 1.56. The number of hydrogen-bond donors (Lipinski definition) is 0. The van der Waals surface area contributed by atoms with E-state index in [-0.39, 0.29) is 22.4 Å². The number of benzene rings is 2. The monoisotopic (exact) mass is 447 g/mol. The summed E-state index contributed by atoms with van der Waals surface area (Å²) in [6, 6.07) is 18.8. The summed E-state index contributed by atoms with van der Waals surface area (Å²) in [6.07, 6.45) is 4.23. The number of amides is 1. The van der Waals surface area contributed by atoms with Gasteiger partial charge in [-0.2, -0.15) is 0 Å². The van der Waals surface area contributed by atoms with E-state index in [1.165, 1.54) is 11.6 Å². The lowest BCUT2D eigenvalue weighted by Gasteiger charge is -2.24. The van der Waals surface area contributed by atoms with Crippen LogP contribution in [-0.2, 0) is 17.8 Å². The van der Waals surface area contributed by atoms with E-state index in [2.05, 4.69) is 4.98 Å². The summed E-state index contributed by atoms with van der Waals surface area (Å²) in [5, 5.41) is 11.4. The second-order valence-electron chi connectivity index (χ2n) is 8.07. The molecule has 2 aromatic carbocycles. The van der Waals surface area contributed by atoms with Crippen LogP contribution in [0.15, 0.2) is 76.7 Å². The molecule has 1 amide bonds. The number of aromatic nitrogens is 1. The third-order valence-corrected chi connectivity index (χ3v) is 6.59. The van der Waals surface area contributed by atoms with Crippen molar-refractivity contribution in [2.75, 3.05) is 6.54 Å². The molecule has 32 heavy (non-hydrogen) atoms. The zero-order valence-corrected chi connectivity index (χ0v) is 18.8. The smallest absolute Gasteiger partial charge is 0.269 e. The fourth-order valence-electron chi connectivity index (χ4n) is 3.49. The van der Waals surface area contributed by atoms with Crippen molar-refractivity contribution in [3.8, 4) is 0 Å². The second-order valence-corrected chi connectivity index (χ2v) is 9.18. The van der Waals surface area contributed by atoms with Crippen LogP contribution in [0.4, 0.5) is 5.69 Å². The van der Waals surface area contributed by atoms with E-state index in [0.29, 0.717) is 19.5 Å². The van der Waals surface area contributed by atoms with Crippen LogP contribution in [-0.4, -0.2) is 27.3 Å². The molecular formula is C25H25N3O3S. The molecule has 0 atom stereocenters. The number of aryl methyl sites for hydroxylation is 1. The molecule has 1 fully saturated rings. The average Bonchev–Trinajstić information content (AvgIpc) is 3.64. The molecule has 0 saturated heterocycles. The van der Waals surface area contributed by atoms with Crippen LogP contribution in [0.5, 0.6) is 0 Å². The van der Waals surface area contributed by atoms with Gasteiger partial charge in [0.2, 0.25) is 5.91 Å². The SMILES string of the molecule is Cc1ccc(Sc2ccc([N+](=O)[O-])cc2CN(CCc2ccccn2)C(=O)C2CC2)cc1. The van der Waals surface area contributed by atoms with E-state index in [9.17, 15) is 14.9 Å². The lowest BCUT2D eigenvalue weighted by Crippen LogP contribution is -2.34. The predicted octanol–water partition coefficient (Wildman–Crippen LogP) is 5.43. The van der Waals surface area contributed by atoms with E-state index in [4.69, 9.17) is 0 Å². The fraction of sp³-hybridized carbons (Fsp3) is 0.280. The molecule has 0 unspecified atom stereocenters. The number of non-ortho nitro benzene ring substituents is 1. The van der Waals surface area contributed by atoms with Crippen LogP contribution in [0.1, 0.15) is 29.7 Å². The highest BCUT2D eigenvalue weighted by Crippen LogP contribution is 2.35. The lowest BCUT2D eigenvalue weighted by atomic mass is 10.1. The Balaban J connectivity index is 1.59. The average molecular weight is 448 g/mol. The van der Waals surface area contributed by atoms with Crippen molar-refractivity contribution in [2.45, 2.75) is 42.5 Å². The summed E-state index contributed by atoms with van der Waals surface area (Å²) in [7, 11) is 0. The van der Waals surface area contributed by atoms with Crippen LogP contribution in [0.25, 0.3) is 0 Å². The van der Waals surface area contributed by atoms with Gasteiger partial charge in [-0.05, 0) is 55.7 Å². The Hall–Kier alpha value is -3.19. The van der Waals surface area contributed by atoms with Crippen LogP contribution < -0.4 is 0 Å². The van der Waals surface area contributed by atoms with Gasteiger partial charge in [0.1, 0.15) is 0 Å². The molecule has 1 saturated carbocycles. The largest absolute Gasteiger partial charge is 0.338 e. The molecule has 0 spiro atoms. The second kappa shape index (κ2) is 9.96. The standard InChI is InChI=1S/C25H25N3O3S/c1-18-5-10-23(11-6-18)32-24-12-9-22(28(30)31)16-20(24)17-27(25(29)19-7-8-19)15-13-21-4-2-3-14-26-21/h2-6,9-12,14,16,19H,7-8,13,15,17H2,1H3. The van der Waals surface area contributed by atoms with E-state index in [0.717, 1.165) is 33.9 Å². The minimum absolute atomic E-state index is 0.0387. The number of carbonyl (C=O) groups is 1. The fourth-order valence-corrected chi connectivity index (χ4v) is 4.41. The van der Waals surface area contributed by atoms with Gasteiger partial charge in [0, 0.05) is 59.2 Å². The Morgan fingerprint density at radius 1 is 1.16 bits per heavy atom. The van der Waals surface area contributed by atoms with Crippen molar-refractivity contribution >= 4 is 23.4 Å². The van der Waals surface area contributed by atoms with Gasteiger partial charge in [-0.15, -0.1) is 0 Å². The zero-order chi connectivity index (χ0) is 22.5. The molecule has 3 aromatic rings. The van der Waals surface area contributed by atoms with Crippen molar-refractivity contribution in [1.82, 2.24) is 9.88 Å². The van der Waals surface area contributed by atoms with E-state index >= 15 is 0 Å². The van der Waals surface area contributed by atoms with Crippen LogP contribution >= 0.6 is 11.8 Å². The Bertz CT molecular complexity index is 1100. The minimum atomic E-state index is -0.384. The third kappa shape index (κ3) is 5.73. The molecular weight excluding hydrogens is 422 g/mol. The highest BCUT2D eigenvalue weighted by atomic mass is 32.2. The Labute approximate surface area is 191 Å². The van der Waals surface area contributed by atoms with Gasteiger partial charge in [-0.25, -0.2) is 0 Å². The molecule has 1 heterocycles. The van der Waals surface area contributed by atoms with Crippen molar-refractivity contribution in [3.05, 3.63) is 93.8 Å². The van der Waals surface area contributed by atoms with Crippen LogP contribution in [0.2, 0.25) is 0 Å². The summed E-state index contributed by atoms with van der Waals surface area (Å²) in [5.74, 6) is 0.198. The molecule has 1 aliphatic rings. The molecule has 7 heteroatoms. The van der Waals surface area contributed by atoms with Gasteiger partial charge in [-0.3, -0.25) is 19.9 Å². The number of pyridine rings is 1. The molecule has 4 rings (SSSR count). The maximum atomic E-state index is 13.0. The molecule has 0 radical (unpaired) electrons. The third-order valence-electron chi connectivity index (χ3n) is 5.47. The molecule has 0 aliphatic heterocycles. The van der Waals surface area contributed by atoms with Crippen LogP contribution in [0, 0.1) is 23.0 Å². The first-order valence-electron chi connectivity index (χ1n) is 10.7. The van der Waals surface area contributed by atoms with Crippen molar-refractivity contribution in [3.63, 3.8) is 0 Å². The summed E-state index contributed by atoms with van der Waals surface area (Å²) in [6.45, 7) is 2.91. The van der Waals surface area contributed by atoms with Crippen molar-refractivity contribution in [1.29, 1.82) is 0 Å². The normalized spacial score (nSPS) is 13.0. The zero-order valence-electron chi connectivity index (χ0n) is 17.9. The maximum Gasteiger partial charge on any atom is 0.269 e. The molecule has 1 aromatic heterocycles. The van der Waals surface area contributed by atoms with Crippen LogP contribution in [0.3, 0.4) is 0 Å². The molecule has 0 bridgehead atoms. The lowest BCUT2D eigenvalue weighted by molar-refractivity contribution is -0.385. The first-order valence-corrected chi connectivity index (χ1v) is 11.5. The highest BCUT2D eigenvalue weighted by molar-refractivity contribution is 7.99. The van der Waals surface area contributed by atoms with E-state index in [1.54, 1.807) is 30.1 Å². The first kappa shape index (κ1) is 22.0. The summed E-state index contributed by atoms with van der Waals surface area (Å²) in [5.41, 5.74) is 2.93. The van der Waals surface area contributed by atoms with Crippen molar-refractivity contribution < 1.29 is 9.72 Å². The van der Waals surface area contributed by atoms with E-state index in [1.807, 2.05) is 54.3 Å². The summed E-state index contributed by atoms with van der Waals surface area (Å²) in [4.78, 5) is 32.2. The molecule has 6 nitrogen and oxygen atoms in total. The quantitative estimate of drug-likeness (QED) is 0.323. The minimum Gasteiger partial charge on any atom is -0.338 e. The topological polar surface area (TPSA) is 76.3 Å².